The van der Waals surface area contributed by atoms with Gasteiger partial charge in [0.1, 0.15) is 0 Å². The first-order valence-corrected chi connectivity index (χ1v) is 5.03. The lowest BCUT2D eigenvalue weighted by molar-refractivity contribution is 1.16. The quantitative estimate of drug-likeness (QED) is 0.588. The molecule has 15 heavy (non-hydrogen) atoms. The Labute approximate surface area is 91.1 Å². The largest absolute Gasteiger partial charge is 0.334 e. The van der Waals surface area contributed by atoms with E-state index in [1.165, 1.54) is 0 Å². The van der Waals surface area contributed by atoms with Crippen LogP contribution in [0.1, 0.15) is 5.69 Å². The summed E-state index contributed by atoms with van der Waals surface area (Å²) in [6.45, 7) is 1.98. The van der Waals surface area contributed by atoms with Gasteiger partial charge in [0.05, 0.1) is 11.0 Å². The first-order valence-electron chi connectivity index (χ1n) is 4.65. The van der Waals surface area contributed by atoms with Crippen molar-refractivity contribution in [3.8, 4) is 0 Å². The van der Waals surface area contributed by atoms with Crippen LogP contribution >= 0.6 is 11.6 Å². The molecular weight excluding hydrogens is 210 g/mol. The van der Waals surface area contributed by atoms with Crippen molar-refractivity contribution in [1.29, 1.82) is 0 Å². The van der Waals surface area contributed by atoms with Crippen molar-refractivity contribution >= 4 is 33.4 Å². The summed E-state index contributed by atoms with van der Waals surface area (Å²) in [4.78, 5) is 11.5. The number of hydrogen-bond acceptors (Lipinski definition) is 2. The number of nitrogens with one attached hydrogen (secondary N) is 1. The van der Waals surface area contributed by atoms with E-state index in [-0.39, 0.29) is 0 Å². The highest BCUT2D eigenvalue weighted by atomic mass is 35.5. The van der Waals surface area contributed by atoms with E-state index in [0.717, 1.165) is 27.5 Å². The van der Waals surface area contributed by atoms with Crippen LogP contribution in [0.2, 0.25) is 5.28 Å². The maximum Gasteiger partial charge on any atom is 0.200 e. The topological polar surface area (TPSA) is 41.6 Å². The molecule has 0 aliphatic heterocycles. The molecule has 0 bridgehead atoms. The van der Waals surface area contributed by atoms with Gasteiger partial charge in [0, 0.05) is 22.7 Å². The number of halogens is 1. The second-order valence-corrected chi connectivity index (χ2v) is 3.85. The summed E-state index contributed by atoms with van der Waals surface area (Å²) in [5.41, 5.74) is 2.89. The molecule has 4 heteroatoms. The van der Waals surface area contributed by atoms with Crippen molar-refractivity contribution in [3.05, 3.63) is 35.4 Å². The molecule has 0 amide bonds. The number of rotatable bonds is 0. The summed E-state index contributed by atoms with van der Waals surface area (Å²) < 4.78 is 0. The number of H-pyrrole nitrogens is 1. The smallest absolute Gasteiger partial charge is 0.200 e. The lowest BCUT2D eigenvalue weighted by Gasteiger charge is -2.03. The number of aryl methyl sites for hydroxylation is 1. The molecule has 0 saturated heterocycles. The number of benzene rings is 1. The molecule has 3 rings (SSSR count). The van der Waals surface area contributed by atoms with Crippen molar-refractivity contribution < 1.29 is 0 Å². The third kappa shape index (κ3) is 1.20. The zero-order chi connectivity index (χ0) is 10.4. The van der Waals surface area contributed by atoms with Crippen LogP contribution in [0.4, 0.5) is 0 Å². The Bertz CT molecular complexity index is 657. The lowest BCUT2D eigenvalue weighted by atomic mass is 10.1. The van der Waals surface area contributed by atoms with Gasteiger partial charge >= 0.3 is 0 Å². The van der Waals surface area contributed by atoms with Crippen molar-refractivity contribution in [1.82, 2.24) is 15.0 Å². The van der Waals surface area contributed by atoms with Gasteiger partial charge in [0.15, 0.2) is 0 Å². The predicted octanol–water partition coefficient (Wildman–Crippen LogP) is 3.07. The van der Waals surface area contributed by atoms with Crippen LogP contribution in [0, 0.1) is 6.92 Å². The summed E-state index contributed by atoms with van der Waals surface area (Å²) >= 11 is 5.90. The monoisotopic (exact) mass is 217 g/mol. The second kappa shape index (κ2) is 2.94. The van der Waals surface area contributed by atoms with Gasteiger partial charge in [-0.2, -0.15) is 0 Å². The van der Waals surface area contributed by atoms with Crippen LogP contribution in [0.3, 0.4) is 0 Å². The average Bonchev–Trinajstić information content (AvgIpc) is 2.65. The SMILES string of the molecule is Cc1[nH]c(Cl)nc2c1ccc1nccc12. The van der Waals surface area contributed by atoms with Crippen LogP contribution in [-0.4, -0.2) is 15.0 Å². The van der Waals surface area contributed by atoms with Crippen molar-refractivity contribution in [3.63, 3.8) is 0 Å². The summed E-state index contributed by atoms with van der Waals surface area (Å²) in [6, 6.07) is 5.97. The number of fused-ring (bicyclic) bond motifs is 3. The zero-order valence-corrected chi connectivity index (χ0v) is 8.84. The molecule has 3 nitrogen and oxygen atoms in total. The molecule has 2 heterocycles. The van der Waals surface area contributed by atoms with Gasteiger partial charge in [0.2, 0.25) is 5.28 Å². The molecule has 0 aliphatic carbocycles. The molecule has 0 atom stereocenters. The standard InChI is InChI=1S/C11H8ClN3/c1-6-7-2-3-9-8(4-5-13-9)10(7)15-11(12)14-6/h2-5H,1H3,(H,14,15). The second-order valence-electron chi connectivity index (χ2n) is 3.49. The molecule has 0 aliphatic rings. The fourth-order valence-corrected chi connectivity index (χ4v) is 2.06. The van der Waals surface area contributed by atoms with Gasteiger partial charge in [-0.15, -0.1) is 0 Å². The lowest BCUT2D eigenvalue weighted by Crippen LogP contribution is -1.90. The predicted molar refractivity (Wildman–Crippen MR) is 61.1 cm³/mol. The third-order valence-corrected chi connectivity index (χ3v) is 2.73. The van der Waals surface area contributed by atoms with E-state index < -0.39 is 0 Å². The highest BCUT2D eigenvalue weighted by Crippen LogP contribution is 2.25. The Morgan fingerprint density at radius 2 is 2.07 bits per heavy atom. The highest BCUT2D eigenvalue weighted by molar-refractivity contribution is 6.28. The number of aromatic amines is 1. The van der Waals surface area contributed by atoms with Crippen LogP contribution < -0.4 is 0 Å². The Morgan fingerprint density at radius 3 is 2.93 bits per heavy atom. The number of nitrogens with zero attached hydrogens (tertiary/aromatic N) is 2. The third-order valence-electron chi connectivity index (χ3n) is 2.55. The fourth-order valence-electron chi connectivity index (χ4n) is 1.84. The molecular formula is C11H8ClN3. The summed E-state index contributed by atoms with van der Waals surface area (Å²) in [7, 11) is 0. The zero-order valence-electron chi connectivity index (χ0n) is 8.08. The molecule has 1 N–H and O–H groups in total. The summed E-state index contributed by atoms with van der Waals surface area (Å²) in [6.07, 6.45) is 1.78. The van der Waals surface area contributed by atoms with Gasteiger partial charge in [-0.1, -0.05) is 0 Å². The molecule has 1 aromatic carbocycles. The van der Waals surface area contributed by atoms with E-state index >= 15 is 0 Å². The molecule has 0 spiro atoms. The maximum atomic E-state index is 5.90. The Balaban J connectivity index is 2.61. The van der Waals surface area contributed by atoms with Crippen LogP contribution in [0.5, 0.6) is 0 Å². The first kappa shape index (κ1) is 8.68. The van der Waals surface area contributed by atoms with Gasteiger partial charge in [-0.25, -0.2) is 4.98 Å². The van der Waals surface area contributed by atoms with Gasteiger partial charge in [-0.3, -0.25) is 4.98 Å². The van der Waals surface area contributed by atoms with Gasteiger partial charge < -0.3 is 4.98 Å². The minimum absolute atomic E-state index is 0.411. The summed E-state index contributed by atoms with van der Waals surface area (Å²) in [5.74, 6) is 0. The minimum atomic E-state index is 0.411. The van der Waals surface area contributed by atoms with Crippen molar-refractivity contribution in [2.45, 2.75) is 6.92 Å². The summed E-state index contributed by atoms with van der Waals surface area (Å²) in [5, 5.41) is 2.54. The minimum Gasteiger partial charge on any atom is -0.334 e. The Kier molecular flexibility index (Phi) is 1.70. The van der Waals surface area contributed by atoms with Crippen LogP contribution in [-0.2, 0) is 0 Å². The highest BCUT2D eigenvalue weighted by Gasteiger charge is 2.06. The van der Waals surface area contributed by atoms with Crippen LogP contribution in [0.25, 0.3) is 21.8 Å². The number of aromatic nitrogens is 3. The molecule has 0 fully saturated rings. The Morgan fingerprint density at radius 1 is 1.20 bits per heavy atom. The van der Waals surface area contributed by atoms with E-state index in [2.05, 4.69) is 15.0 Å². The molecule has 74 valence electrons. The Hall–Kier alpha value is -1.61. The molecule has 3 aromatic rings. The van der Waals surface area contributed by atoms with E-state index in [0.29, 0.717) is 5.28 Å². The van der Waals surface area contributed by atoms with E-state index in [1.54, 1.807) is 6.20 Å². The molecule has 0 radical (unpaired) electrons. The van der Waals surface area contributed by atoms with E-state index in [4.69, 9.17) is 11.6 Å². The number of hydrogen-bond donors (Lipinski definition) is 1. The van der Waals surface area contributed by atoms with E-state index in [9.17, 15) is 0 Å². The van der Waals surface area contributed by atoms with E-state index in [1.807, 2.05) is 25.1 Å². The fraction of sp³-hybridized carbons (Fsp3) is 0.0909. The molecule has 0 saturated carbocycles. The van der Waals surface area contributed by atoms with Crippen molar-refractivity contribution in [2.75, 3.05) is 0 Å². The normalized spacial score (nSPS) is 11.3. The average molecular weight is 218 g/mol. The first-order chi connectivity index (χ1) is 7.25. The molecule has 2 aromatic heterocycles. The molecule has 0 unspecified atom stereocenters. The van der Waals surface area contributed by atoms with Gasteiger partial charge in [0.25, 0.3) is 0 Å². The maximum absolute atomic E-state index is 5.90. The van der Waals surface area contributed by atoms with Crippen molar-refractivity contribution in [2.24, 2.45) is 0 Å². The van der Waals surface area contributed by atoms with Crippen LogP contribution in [0.15, 0.2) is 24.4 Å². The van der Waals surface area contributed by atoms with Gasteiger partial charge in [-0.05, 0) is 36.7 Å².